The van der Waals surface area contributed by atoms with Crippen LogP contribution in [0, 0.1) is 0 Å². The fourth-order valence-electron chi connectivity index (χ4n) is 2.15. The number of pyridine rings is 1. The molecular weight excluding hydrogens is 308 g/mol. The molecule has 0 radical (unpaired) electrons. The van der Waals surface area contributed by atoms with Crippen LogP contribution < -0.4 is 10.1 Å². The zero-order valence-corrected chi connectivity index (χ0v) is 12.8. The second-order valence-electron chi connectivity index (χ2n) is 4.03. The van der Waals surface area contributed by atoms with Crippen molar-refractivity contribution in [3.8, 4) is 5.75 Å². The van der Waals surface area contributed by atoms with Crippen LogP contribution >= 0.6 is 15.9 Å². The van der Waals surface area contributed by atoms with Gasteiger partial charge in [-0.2, -0.15) is 5.10 Å². The standard InChI is InChI=1S/C13H17BrN4O/c1-4-18-13(10(14)7-17-18)12(15-2)9-5-6-16-8-11(9)19-3/h5-8,12,15H,4H2,1-3H3. The third-order valence-corrected chi connectivity index (χ3v) is 3.65. The first-order valence-electron chi connectivity index (χ1n) is 6.09. The Morgan fingerprint density at radius 1 is 1.47 bits per heavy atom. The zero-order chi connectivity index (χ0) is 13.8. The topological polar surface area (TPSA) is 52.0 Å². The Bertz CT molecular complexity index is 555. The van der Waals surface area contributed by atoms with E-state index in [-0.39, 0.29) is 6.04 Å². The maximum atomic E-state index is 5.39. The third-order valence-electron chi connectivity index (χ3n) is 3.04. The van der Waals surface area contributed by atoms with Crippen molar-refractivity contribution in [2.24, 2.45) is 0 Å². The van der Waals surface area contributed by atoms with Gasteiger partial charge in [-0.3, -0.25) is 9.67 Å². The molecule has 1 unspecified atom stereocenters. The molecule has 0 saturated heterocycles. The minimum absolute atomic E-state index is 0.00484. The lowest BCUT2D eigenvalue weighted by molar-refractivity contribution is 0.401. The third kappa shape index (κ3) is 2.64. The van der Waals surface area contributed by atoms with Crippen LogP contribution in [0.5, 0.6) is 5.75 Å². The summed E-state index contributed by atoms with van der Waals surface area (Å²) >= 11 is 3.56. The van der Waals surface area contributed by atoms with Crippen LogP contribution in [0.15, 0.2) is 29.1 Å². The molecule has 0 spiro atoms. The van der Waals surface area contributed by atoms with Gasteiger partial charge in [0.15, 0.2) is 0 Å². The van der Waals surface area contributed by atoms with Gasteiger partial charge in [-0.1, -0.05) is 0 Å². The SMILES string of the molecule is CCn1ncc(Br)c1C(NC)c1ccncc1OC. The number of aromatic nitrogens is 3. The first-order valence-corrected chi connectivity index (χ1v) is 6.88. The van der Waals surface area contributed by atoms with Crippen molar-refractivity contribution in [2.45, 2.75) is 19.5 Å². The molecule has 0 fully saturated rings. The number of hydrogen-bond donors (Lipinski definition) is 1. The van der Waals surface area contributed by atoms with E-state index in [1.807, 2.05) is 24.0 Å². The fraction of sp³-hybridized carbons (Fsp3) is 0.385. The van der Waals surface area contributed by atoms with E-state index in [4.69, 9.17) is 4.74 Å². The Morgan fingerprint density at radius 3 is 2.89 bits per heavy atom. The van der Waals surface area contributed by atoms with E-state index in [1.54, 1.807) is 19.5 Å². The van der Waals surface area contributed by atoms with E-state index in [0.29, 0.717) is 0 Å². The number of methoxy groups -OCH3 is 1. The summed E-state index contributed by atoms with van der Waals surface area (Å²) in [5.41, 5.74) is 2.12. The Balaban J connectivity index is 2.53. The second-order valence-corrected chi connectivity index (χ2v) is 4.89. The highest BCUT2D eigenvalue weighted by Gasteiger charge is 2.22. The van der Waals surface area contributed by atoms with Gasteiger partial charge in [0.2, 0.25) is 0 Å². The van der Waals surface area contributed by atoms with Crippen LogP contribution in [0.2, 0.25) is 0 Å². The van der Waals surface area contributed by atoms with E-state index in [0.717, 1.165) is 28.0 Å². The molecule has 0 aliphatic rings. The van der Waals surface area contributed by atoms with Gasteiger partial charge in [-0.15, -0.1) is 0 Å². The molecule has 2 heterocycles. The quantitative estimate of drug-likeness (QED) is 0.917. The molecule has 2 aromatic rings. The largest absolute Gasteiger partial charge is 0.495 e. The summed E-state index contributed by atoms with van der Waals surface area (Å²) in [6.45, 7) is 2.88. The van der Waals surface area contributed by atoms with Crippen molar-refractivity contribution in [2.75, 3.05) is 14.2 Å². The van der Waals surface area contributed by atoms with Crippen LogP contribution in [-0.4, -0.2) is 28.9 Å². The van der Waals surface area contributed by atoms with Gasteiger partial charge in [0.1, 0.15) is 5.75 Å². The van der Waals surface area contributed by atoms with E-state index in [1.165, 1.54) is 0 Å². The van der Waals surface area contributed by atoms with Crippen LogP contribution in [0.25, 0.3) is 0 Å². The highest BCUT2D eigenvalue weighted by molar-refractivity contribution is 9.10. The highest BCUT2D eigenvalue weighted by Crippen LogP contribution is 2.32. The van der Waals surface area contributed by atoms with Crippen molar-refractivity contribution in [1.29, 1.82) is 0 Å². The molecule has 5 nitrogen and oxygen atoms in total. The molecule has 2 aromatic heterocycles. The smallest absolute Gasteiger partial charge is 0.142 e. The van der Waals surface area contributed by atoms with E-state index < -0.39 is 0 Å². The summed E-state index contributed by atoms with van der Waals surface area (Å²) in [6.07, 6.45) is 5.31. The molecule has 102 valence electrons. The molecule has 19 heavy (non-hydrogen) atoms. The average Bonchev–Trinajstić information content (AvgIpc) is 2.82. The Labute approximate surface area is 121 Å². The molecule has 0 saturated carbocycles. The van der Waals surface area contributed by atoms with Crippen molar-refractivity contribution in [1.82, 2.24) is 20.1 Å². The maximum Gasteiger partial charge on any atom is 0.142 e. The fourth-order valence-corrected chi connectivity index (χ4v) is 2.68. The van der Waals surface area contributed by atoms with E-state index in [2.05, 4.69) is 38.3 Å². The molecule has 2 rings (SSSR count). The molecule has 0 aliphatic carbocycles. The van der Waals surface area contributed by atoms with Crippen molar-refractivity contribution in [3.05, 3.63) is 40.4 Å². The molecule has 0 aliphatic heterocycles. The predicted molar refractivity (Wildman–Crippen MR) is 77.3 cm³/mol. The zero-order valence-electron chi connectivity index (χ0n) is 11.2. The summed E-state index contributed by atoms with van der Waals surface area (Å²) in [5.74, 6) is 0.762. The molecule has 6 heteroatoms. The van der Waals surface area contributed by atoms with Gasteiger partial charge >= 0.3 is 0 Å². The van der Waals surface area contributed by atoms with Gasteiger partial charge < -0.3 is 10.1 Å². The molecule has 0 aromatic carbocycles. The molecule has 1 atom stereocenters. The lowest BCUT2D eigenvalue weighted by Gasteiger charge is -2.20. The average molecular weight is 325 g/mol. The number of ether oxygens (including phenoxy) is 1. The van der Waals surface area contributed by atoms with Gasteiger partial charge in [-0.05, 0) is 36.0 Å². The maximum absolute atomic E-state index is 5.39. The number of rotatable bonds is 5. The number of nitrogens with one attached hydrogen (secondary N) is 1. The van der Waals surface area contributed by atoms with Gasteiger partial charge in [0.05, 0.1) is 35.7 Å². The lowest BCUT2D eigenvalue weighted by Crippen LogP contribution is -2.22. The Kier molecular flexibility index (Phi) is 4.55. The monoisotopic (exact) mass is 324 g/mol. The minimum Gasteiger partial charge on any atom is -0.495 e. The van der Waals surface area contributed by atoms with Crippen molar-refractivity contribution >= 4 is 15.9 Å². The van der Waals surface area contributed by atoms with Gasteiger partial charge in [-0.25, -0.2) is 0 Å². The Morgan fingerprint density at radius 2 is 2.26 bits per heavy atom. The van der Waals surface area contributed by atoms with Gasteiger partial charge in [0, 0.05) is 18.3 Å². The minimum atomic E-state index is -0.00484. The predicted octanol–water partition coefficient (Wildman–Crippen LogP) is 2.38. The molecule has 0 amide bonds. The Hall–Kier alpha value is -1.40. The first kappa shape index (κ1) is 14.0. The summed E-state index contributed by atoms with van der Waals surface area (Å²) in [7, 11) is 3.57. The number of aryl methyl sites for hydroxylation is 1. The van der Waals surface area contributed by atoms with Crippen LogP contribution in [-0.2, 0) is 6.54 Å². The first-order chi connectivity index (χ1) is 9.22. The van der Waals surface area contributed by atoms with Crippen molar-refractivity contribution in [3.63, 3.8) is 0 Å². The number of hydrogen-bond acceptors (Lipinski definition) is 4. The number of halogens is 1. The number of nitrogens with zero attached hydrogens (tertiary/aromatic N) is 3. The molecule has 0 bridgehead atoms. The summed E-state index contributed by atoms with van der Waals surface area (Å²) in [4.78, 5) is 4.09. The summed E-state index contributed by atoms with van der Waals surface area (Å²) in [5, 5.41) is 7.67. The van der Waals surface area contributed by atoms with E-state index in [9.17, 15) is 0 Å². The summed E-state index contributed by atoms with van der Waals surface area (Å²) in [6, 6.07) is 1.95. The highest BCUT2D eigenvalue weighted by atomic mass is 79.9. The lowest BCUT2D eigenvalue weighted by atomic mass is 10.0. The molecule has 1 N–H and O–H groups in total. The molecular formula is C13H17BrN4O. The van der Waals surface area contributed by atoms with Crippen LogP contribution in [0.3, 0.4) is 0 Å². The second kappa shape index (κ2) is 6.16. The van der Waals surface area contributed by atoms with Crippen LogP contribution in [0.4, 0.5) is 0 Å². The normalized spacial score (nSPS) is 12.4. The van der Waals surface area contributed by atoms with E-state index >= 15 is 0 Å². The van der Waals surface area contributed by atoms with Gasteiger partial charge in [0.25, 0.3) is 0 Å². The summed E-state index contributed by atoms with van der Waals surface area (Å²) < 4.78 is 8.33. The van der Waals surface area contributed by atoms with Crippen molar-refractivity contribution < 1.29 is 4.74 Å². The van der Waals surface area contributed by atoms with Crippen LogP contribution in [0.1, 0.15) is 24.2 Å².